The van der Waals surface area contributed by atoms with Crippen molar-refractivity contribution >= 4 is 11.8 Å². The van der Waals surface area contributed by atoms with Crippen LogP contribution in [-0.2, 0) is 24.1 Å². The molecule has 2 aliphatic rings. The Hall–Kier alpha value is -2.34. The predicted molar refractivity (Wildman–Crippen MR) is 90.9 cm³/mol. The zero-order chi connectivity index (χ0) is 16.4. The van der Waals surface area contributed by atoms with E-state index >= 15 is 0 Å². The summed E-state index contributed by atoms with van der Waals surface area (Å²) < 4.78 is 7.25. The molecule has 0 spiro atoms. The van der Waals surface area contributed by atoms with Crippen LogP contribution in [-0.4, -0.2) is 35.1 Å². The summed E-state index contributed by atoms with van der Waals surface area (Å²) in [6, 6.07) is 10.2. The highest BCUT2D eigenvalue weighted by Gasteiger charge is 2.23. The Balaban J connectivity index is 1.33. The van der Waals surface area contributed by atoms with Crippen LogP contribution >= 0.6 is 0 Å². The number of carbonyl (C=O) groups is 1. The number of aromatic nitrogens is 2. The lowest BCUT2D eigenvalue weighted by Gasteiger charge is -2.15. The monoisotopic (exact) mass is 326 g/mol. The minimum atomic E-state index is -0.169. The van der Waals surface area contributed by atoms with Crippen molar-refractivity contribution in [3.05, 3.63) is 47.7 Å². The highest BCUT2D eigenvalue weighted by Crippen LogP contribution is 2.22. The topological polar surface area (TPSA) is 68.2 Å². The molecule has 0 radical (unpaired) electrons. The number of carbonyl (C=O) groups excluding carboxylic acids is 1. The normalized spacial score (nSPS) is 20.1. The Labute approximate surface area is 141 Å². The number of hydrogen-bond acceptors (Lipinski definition) is 3. The summed E-state index contributed by atoms with van der Waals surface area (Å²) in [5.74, 6) is 1.20. The number of nitrogens with zero attached hydrogens (tertiary/aromatic N) is 2. The third kappa shape index (κ3) is 3.28. The minimum absolute atomic E-state index is 0.155. The van der Waals surface area contributed by atoms with E-state index < -0.39 is 0 Å². The zero-order valence-corrected chi connectivity index (χ0v) is 13.6. The average molecular weight is 326 g/mol. The molecule has 2 aromatic rings. The molecule has 1 atom stereocenters. The van der Waals surface area contributed by atoms with Crippen molar-refractivity contribution in [3.8, 4) is 0 Å². The van der Waals surface area contributed by atoms with Crippen LogP contribution in [0.4, 0.5) is 10.6 Å². The summed E-state index contributed by atoms with van der Waals surface area (Å²) in [7, 11) is 0. The lowest BCUT2D eigenvalue weighted by molar-refractivity contribution is 0.181. The zero-order valence-electron chi connectivity index (χ0n) is 13.6. The van der Waals surface area contributed by atoms with E-state index in [0.717, 1.165) is 44.8 Å². The summed E-state index contributed by atoms with van der Waals surface area (Å²) in [6.07, 6.45) is 4.55. The number of anilines is 1. The molecule has 1 unspecified atom stereocenters. The van der Waals surface area contributed by atoms with Crippen molar-refractivity contribution in [1.29, 1.82) is 0 Å². The van der Waals surface area contributed by atoms with Gasteiger partial charge >= 0.3 is 6.03 Å². The molecule has 1 aliphatic heterocycles. The van der Waals surface area contributed by atoms with Gasteiger partial charge in [0, 0.05) is 31.2 Å². The molecule has 2 amide bonds. The van der Waals surface area contributed by atoms with E-state index in [9.17, 15) is 4.79 Å². The molecule has 2 N–H and O–H groups in total. The number of hydrogen-bond donors (Lipinski definition) is 2. The molecule has 1 fully saturated rings. The minimum Gasteiger partial charge on any atom is -0.381 e. The smallest absolute Gasteiger partial charge is 0.320 e. The summed E-state index contributed by atoms with van der Waals surface area (Å²) in [5.41, 5.74) is 2.66. The number of amides is 2. The summed E-state index contributed by atoms with van der Waals surface area (Å²) >= 11 is 0. The van der Waals surface area contributed by atoms with Gasteiger partial charge in [-0.3, -0.25) is 5.32 Å². The SMILES string of the molecule is O=C(Nc1ccnn1CC1CCOC1)NC1Cc2ccccc2C1. The molecule has 0 bridgehead atoms. The first kappa shape index (κ1) is 15.2. The number of nitrogens with one attached hydrogen (secondary N) is 2. The highest BCUT2D eigenvalue weighted by atomic mass is 16.5. The lowest BCUT2D eigenvalue weighted by Crippen LogP contribution is -2.39. The first-order valence-corrected chi connectivity index (χ1v) is 8.52. The van der Waals surface area contributed by atoms with Crippen molar-refractivity contribution in [2.24, 2.45) is 5.92 Å². The van der Waals surface area contributed by atoms with Crippen molar-refractivity contribution in [1.82, 2.24) is 15.1 Å². The van der Waals surface area contributed by atoms with Crippen LogP contribution in [0.1, 0.15) is 17.5 Å². The fourth-order valence-corrected chi connectivity index (χ4v) is 3.55. The second-order valence-electron chi connectivity index (χ2n) is 6.60. The number of ether oxygens (including phenoxy) is 1. The van der Waals surface area contributed by atoms with Gasteiger partial charge in [0.25, 0.3) is 0 Å². The number of rotatable bonds is 4. The Morgan fingerprint density at radius 2 is 2.04 bits per heavy atom. The first-order chi connectivity index (χ1) is 11.8. The Kier molecular flexibility index (Phi) is 4.21. The maximum Gasteiger partial charge on any atom is 0.320 e. The van der Waals surface area contributed by atoms with E-state index in [-0.39, 0.29) is 12.1 Å². The highest BCUT2D eigenvalue weighted by molar-refractivity contribution is 5.88. The van der Waals surface area contributed by atoms with E-state index in [1.165, 1.54) is 11.1 Å². The van der Waals surface area contributed by atoms with Gasteiger partial charge < -0.3 is 10.1 Å². The third-order valence-electron chi connectivity index (χ3n) is 4.80. The standard InChI is InChI=1S/C18H22N4O2/c23-18(20-16-9-14-3-1-2-4-15(14)10-16)21-17-5-7-19-22(17)11-13-6-8-24-12-13/h1-5,7,13,16H,6,8-12H2,(H2,20,21,23). The van der Waals surface area contributed by atoms with Gasteiger partial charge in [0.1, 0.15) is 5.82 Å². The molecular formula is C18H22N4O2. The molecule has 6 nitrogen and oxygen atoms in total. The van der Waals surface area contributed by atoms with Gasteiger partial charge in [-0.15, -0.1) is 0 Å². The largest absolute Gasteiger partial charge is 0.381 e. The van der Waals surface area contributed by atoms with Crippen LogP contribution in [0.2, 0.25) is 0 Å². The molecule has 1 aromatic carbocycles. The molecule has 24 heavy (non-hydrogen) atoms. The van der Waals surface area contributed by atoms with Crippen LogP contribution in [0.3, 0.4) is 0 Å². The predicted octanol–water partition coefficient (Wildman–Crippen LogP) is 2.21. The van der Waals surface area contributed by atoms with Crippen LogP contribution in [0.15, 0.2) is 36.5 Å². The Bertz CT molecular complexity index is 696. The van der Waals surface area contributed by atoms with Crippen molar-refractivity contribution in [2.45, 2.75) is 31.8 Å². The maximum atomic E-state index is 12.3. The molecule has 4 rings (SSSR count). The van der Waals surface area contributed by atoms with Gasteiger partial charge in [0.05, 0.1) is 12.8 Å². The van der Waals surface area contributed by atoms with E-state index in [1.54, 1.807) is 6.20 Å². The van der Waals surface area contributed by atoms with E-state index in [4.69, 9.17) is 4.74 Å². The molecule has 1 aliphatic carbocycles. The molecule has 2 heterocycles. The van der Waals surface area contributed by atoms with E-state index in [0.29, 0.717) is 5.92 Å². The van der Waals surface area contributed by atoms with Crippen LogP contribution in [0, 0.1) is 5.92 Å². The van der Waals surface area contributed by atoms with Gasteiger partial charge in [0.2, 0.25) is 0 Å². The summed E-state index contributed by atoms with van der Waals surface area (Å²) in [4.78, 5) is 12.3. The molecule has 0 saturated carbocycles. The van der Waals surface area contributed by atoms with Gasteiger partial charge in [-0.2, -0.15) is 5.10 Å². The molecule has 126 valence electrons. The van der Waals surface area contributed by atoms with E-state index in [2.05, 4.69) is 27.9 Å². The van der Waals surface area contributed by atoms with Crippen molar-refractivity contribution in [2.75, 3.05) is 18.5 Å². The van der Waals surface area contributed by atoms with Gasteiger partial charge in [0.15, 0.2) is 0 Å². The van der Waals surface area contributed by atoms with Gasteiger partial charge in [-0.1, -0.05) is 24.3 Å². The average Bonchev–Trinajstić information content (AvgIpc) is 3.29. The van der Waals surface area contributed by atoms with Crippen LogP contribution in [0.5, 0.6) is 0 Å². The third-order valence-corrected chi connectivity index (χ3v) is 4.80. The number of fused-ring (bicyclic) bond motifs is 1. The second-order valence-corrected chi connectivity index (χ2v) is 6.60. The van der Waals surface area contributed by atoms with Crippen molar-refractivity contribution in [3.63, 3.8) is 0 Å². The Morgan fingerprint density at radius 3 is 2.75 bits per heavy atom. The fraction of sp³-hybridized carbons (Fsp3) is 0.444. The Morgan fingerprint density at radius 1 is 1.25 bits per heavy atom. The first-order valence-electron chi connectivity index (χ1n) is 8.52. The summed E-state index contributed by atoms with van der Waals surface area (Å²) in [6.45, 7) is 2.36. The second kappa shape index (κ2) is 6.65. The molecule has 6 heteroatoms. The lowest BCUT2D eigenvalue weighted by atomic mass is 10.1. The quantitative estimate of drug-likeness (QED) is 0.905. The van der Waals surface area contributed by atoms with Crippen LogP contribution in [0.25, 0.3) is 0 Å². The maximum absolute atomic E-state index is 12.3. The molecular weight excluding hydrogens is 304 g/mol. The molecule has 1 aromatic heterocycles. The molecule has 1 saturated heterocycles. The number of urea groups is 1. The van der Waals surface area contributed by atoms with Gasteiger partial charge in [-0.05, 0) is 30.4 Å². The van der Waals surface area contributed by atoms with E-state index in [1.807, 2.05) is 22.9 Å². The fourth-order valence-electron chi connectivity index (χ4n) is 3.55. The van der Waals surface area contributed by atoms with Gasteiger partial charge in [-0.25, -0.2) is 9.48 Å². The number of benzene rings is 1. The van der Waals surface area contributed by atoms with Crippen molar-refractivity contribution < 1.29 is 9.53 Å². The van der Waals surface area contributed by atoms with Crippen LogP contribution < -0.4 is 10.6 Å². The summed E-state index contributed by atoms with van der Waals surface area (Å²) in [5, 5.41) is 10.3.